The normalized spacial score (nSPS) is 16.5. The summed E-state index contributed by atoms with van der Waals surface area (Å²) in [7, 11) is 2.13. The Bertz CT molecular complexity index is 507. The summed E-state index contributed by atoms with van der Waals surface area (Å²) in [5, 5.41) is 2.11. The van der Waals surface area contributed by atoms with Gasteiger partial charge in [-0.2, -0.15) is 0 Å². The Labute approximate surface area is 127 Å². The van der Waals surface area contributed by atoms with E-state index in [-0.39, 0.29) is 12.1 Å². The van der Waals surface area contributed by atoms with Crippen LogP contribution in [0.1, 0.15) is 35.7 Å². The molecule has 2 rings (SSSR count). The van der Waals surface area contributed by atoms with Crippen LogP contribution in [0.3, 0.4) is 0 Å². The van der Waals surface area contributed by atoms with E-state index in [1.54, 1.807) is 22.7 Å². The van der Waals surface area contributed by atoms with Gasteiger partial charge in [-0.3, -0.25) is 4.90 Å². The van der Waals surface area contributed by atoms with E-state index in [2.05, 4.69) is 49.4 Å². The Morgan fingerprint density at radius 2 is 1.95 bits per heavy atom. The molecule has 2 aromatic rings. The molecule has 2 aromatic heterocycles. The van der Waals surface area contributed by atoms with Crippen molar-refractivity contribution in [3.8, 4) is 0 Å². The van der Waals surface area contributed by atoms with Crippen LogP contribution < -0.4 is 5.73 Å². The van der Waals surface area contributed by atoms with Gasteiger partial charge in [0.05, 0.1) is 10.4 Å². The van der Waals surface area contributed by atoms with Crippen molar-refractivity contribution in [2.24, 2.45) is 5.73 Å². The summed E-state index contributed by atoms with van der Waals surface area (Å²) in [6, 6.07) is 8.88. The highest BCUT2D eigenvalue weighted by Crippen LogP contribution is 2.36. The maximum atomic E-state index is 6.20. The molecule has 0 amide bonds. The van der Waals surface area contributed by atoms with Crippen molar-refractivity contribution in [3.05, 3.63) is 43.7 Å². The van der Waals surface area contributed by atoms with Crippen molar-refractivity contribution >= 4 is 34.3 Å². The smallest absolute Gasteiger partial charge is 0.0931 e. The molecule has 0 spiro atoms. The molecular formula is C14H19ClN2S2. The molecule has 5 heteroatoms. The number of nitrogens with two attached hydrogens (primary N) is 1. The van der Waals surface area contributed by atoms with Gasteiger partial charge in [0.2, 0.25) is 0 Å². The Balaban J connectivity index is 2.24. The standard InChI is InChI=1S/C14H19ClN2S2/c1-9(16)14(12-6-7-13(15)19-12)17(3)10(2)11-5-4-8-18-11/h4-10,14H,16H2,1-3H3. The first-order valence-electron chi connectivity index (χ1n) is 6.27. The van der Waals surface area contributed by atoms with E-state index < -0.39 is 0 Å². The lowest BCUT2D eigenvalue weighted by Crippen LogP contribution is -2.38. The molecule has 2 N–H and O–H groups in total. The summed E-state index contributed by atoms with van der Waals surface area (Å²) in [6.07, 6.45) is 0. The predicted octanol–water partition coefficient (Wildman–Crippen LogP) is 4.54. The molecule has 2 nitrogen and oxygen atoms in total. The predicted molar refractivity (Wildman–Crippen MR) is 86.2 cm³/mol. The average molecular weight is 315 g/mol. The van der Waals surface area contributed by atoms with E-state index >= 15 is 0 Å². The largest absolute Gasteiger partial charge is 0.326 e. The van der Waals surface area contributed by atoms with Crippen molar-refractivity contribution in [3.63, 3.8) is 0 Å². The van der Waals surface area contributed by atoms with Gasteiger partial charge in [-0.05, 0) is 44.5 Å². The van der Waals surface area contributed by atoms with Crippen molar-refractivity contribution in [2.75, 3.05) is 7.05 Å². The molecule has 0 aliphatic heterocycles. The van der Waals surface area contributed by atoms with Crippen LogP contribution in [0, 0.1) is 0 Å². The highest BCUT2D eigenvalue weighted by Gasteiger charge is 2.27. The van der Waals surface area contributed by atoms with Crippen LogP contribution in [0.4, 0.5) is 0 Å². The van der Waals surface area contributed by atoms with Crippen LogP contribution in [0.5, 0.6) is 0 Å². The third-order valence-corrected chi connectivity index (χ3v) is 5.73. The molecule has 104 valence electrons. The third-order valence-electron chi connectivity index (χ3n) is 3.39. The number of nitrogens with zero attached hydrogens (tertiary/aromatic N) is 1. The van der Waals surface area contributed by atoms with Crippen LogP contribution in [-0.4, -0.2) is 18.0 Å². The van der Waals surface area contributed by atoms with Gasteiger partial charge < -0.3 is 5.73 Å². The first-order chi connectivity index (χ1) is 9.00. The van der Waals surface area contributed by atoms with E-state index in [0.29, 0.717) is 6.04 Å². The van der Waals surface area contributed by atoms with Gasteiger partial charge in [-0.25, -0.2) is 0 Å². The third kappa shape index (κ3) is 3.38. The van der Waals surface area contributed by atoms with E-state index in [1.807, 2.05) is 6.07 Å². The second-order valence-electron chi connectivity index (χ2n) is 4.80. The SMILES string of the molecule is CC(N)C(c1ccc(Cl)s1)N(C)C(C)c1cccs1. The van der Waals surface area contributed by atoms with Gasteiger partial charge in [0.25, 0.3) is 0 Å². The van der Waals surface area contributed by atoms with E-state index in [1.165, 1.54) is 9.75 Å². The summed E-state index contributed by atoms with van der Waals surface area (Å²) in [4.78, 5) is 4.92. The molecule has 0 aliphatic carbocycles. The lowest BCUT2D eigenvalue weighted by Gasteiger charge is -2.34. The van der Waals surface area contributed by atoms with Gasteiger partial charge in [0, 0.05) is 21.8 Å². The zero-order valence-electron chi connectivity index (χ0n) is 11.3. The number of thiophene rings is 2. The van der Waals surface area contributed by atoms with Gasteiger partial charge in [0.1, 0.15) is 0 Å². The molecule has 0 saturated heterocycles. The summed E-state index contributed by atoms with van der Waals surface area (Å²) in [5.41, 5.74) is 6.20. The first-order valence-corrected chi connectivity index (χ1v) is 8.34. The fourth-order valence-electron chi connectivity index (χ4n) is 2.29. The highest BCUT2D eigenvalue weighted by atomic mass is 35.5. The van der Waals surface area contributed by atoms with Crippen molar-refractivity contribution < 1.29 is 0 Å². The zero-order chi connectivity index (χ0) is 14.0. The van der Waals surface area contributed by atoms with Gasteiger partial charge in [-0.1, -0.05) is 17.7 Å². The minimum atomic E-state index is 0.0575. The topological polar surface area (TPSA) is 29.3 Å². The molecule has 0 saturated carbocycles. The summed E-state index contributed by atoms with van der Waals surface area (Å²) < 4.78 is 0.817. The molecule has 3 atom stereocenters. The van der Waals surface area contributed by atoms with Crippen molar-refractivity contribution in [2.45, 2.75) is 32.0 Å². The average Bonchev–Trinajstić information content (AvgIpc) is 2.99. The fraction of sp³-hybridized carbons (Fsp3) is 0.429. The van der Waals surface area contributed by atoms with Crippen LogP contribution >= 0.6 is 34.3 Å². The first kappa shape index (κ1) is 15.0. The van der Waals surface area contributed by atoms with Crippen LogP contribution in [0.25, 0.3) is 0 Å². The molecule has 0 aromatic carbocycles. The maximum absolute atomic E-state index is 6.20. The minimum Gasteiger partial charge on any atom is -0.326 e. The van der Waals surface area contributed by atoms with Crippen LogP contribution in [-0.2, 0) is 0 Å². The van der Waals surface area contributed by atoms with E-state index in [9.17, 15) is 0 Å². The molecule has 0 aliphatic rings. The van der Waals surface area contributed by atoms with Crippen LogP contribution in [0.15, 0.2) is 29.6 Å². The maximum Gasteiger partial charge on any atom is 0.0931 e. The molecule has 0 fully saturated rings. The monoisotopic (exact) mass is 314 g/mol. The Hall–Kier alpha value is -0.390. The molecule has 0 bridgehead atoms. The van der Waals surface area contributed by atoms with E-state index in [0.717, 1.165) is 4.34 Å². The minimum absolute atomic E-state index is 0.0575. The van der Waals surface area contributed by atoms with Gasteiger partial charge >= 0.3 is 0 Å². The molecule has 2 heterocycles. The summed E-state index contributed by atoms with van der Waals surface area (Å²) in [6.45, 7) is 4.27. The fourth-order valence-corrected chi connectivity index (χ4v) is 4.45. The molecular weight excluding hydrogens is 296 g/mol. The number of hydrogen-bond donors (Lipinski definition) is 1. The Kier molecular flexibility index (Phi) is 5.03. The van der Waals surface area contributed by atoms with Gasteiger partial charge in [-0.15, -0.1) is 22.7 Å². The van der Waals surface area contributed by atoms with Crippen molar-refractivity contribution in [1.29, 1.82) is 0 Å². The molecule has 19 heavy (non-hydrogen) atoms. The number of likely N-dealkylation sites (N-methyl/N-ethyl adjacent to an activating group) is 1. The quantitative estimate of drug-likeness (QED) is 0.877. The Morgan fingerprint density at radius 3 is 2.42 bits per heavy atom. The molecule has 0 radical (unpaired) electrons. The second kappa shape index (κ2) is 6.37. The zero-order valence-corrected chi connectivity index (χ0v) is 13.7. The van der Waals surface area contributed by atoms with Crippen molar-refractivity contribution in [1.82, 2.24) is 4.90 Å². The van der Waals surface area contributed by atoms with Crippen LogP contribution in [0.2, 0.25) is 4.34 Å². The number of hydrogen-bond acceptors (Lipinski definition) is 4. The lowest BCUT2D eigenvalue weighted by molar-refractivity contribution is 0.171. The summed E-state index contributed by atoms with van der Waals surface area (Å²) in [5.74, 6) is 0. The van der Waals surface area contributed by atoms with E-state index in [4.69, 9.17) is 17.3 Å². The number of rotatable bonds is 5. The summed E-state index contributed by atoms with van der Waals surface area (Å²) >= 11 is 9.45. The van der Waals surface area contributed by atoms with Gasteiger partial charge in [0.15, 0.2) is 0 Å². The second-order valence-corrected chi connectivity index (χ2v) is 7.53. The lowest BCUT2D eigenvalue weighted by atomic mass is 10.1. The Morgan fingerprint density at radius 1 is 1.21 bits per heavy atom. The molecule has 3 unspecified atom stereocenters. The highest BCUT2D eigenvalue weighted by molar-refractivity contribution is 7.16. The number of halogens is 1.